The Morgan fingerprint density at radius 3 is 2.59 bits per heavy atom. The molecule has 2 rings (SSSR count). The molecular weight excluding hydrogens is 299 g/mol. The molecule has 1 amide bonds. The van der Waals surface area contributed by atoms with Crippen molar-refractivity contribution in [2.45, 2.75) is 39.7 Å². The van der Waals surface area contributed by atoms with Crippen LogP contribution in [0, 0.1) is 11.7 Å². The van der Waals surface area contributed by atoms with Gasteiger partial charge in [0.15, 0.2) is 0 Å². The van der Waals surface area contributed by atoms with Gasteiger partial charge in [0.2, 0.25) is 5.91 Å². The van der Waals surface area contributed by atoms with Crippen LogP contribution in [0.3, 0.4) is 0 Å². The van der Waals surface area contributed by atoms with Gasteiger partial charge in [-0.3, -0.25) is 4.79 Å². The fourth-order valence-electron chi connectivity index (χ4n) is 2.28. The minimum atomic E-state index is -0.224. The van der Waals surface area contributed by atoms with Gasteiger partial charge in [-0.15, -0.1) is 11.3 Å². The van der Waals surface area contributed by atoms with Gasteiger partial charge in [0.1, 0.15) is 10.8 Å². The van der Waals surface area contributed by atoms with E-state index in [1.807, 2.05) is 20.0 Å². The maximum atomic E-state index is 12.9. The summed E-state index contributed by atoms with van der Waals surface area (Å²) in [6.45, 7) is 4.53. The lowest BCUT2D eigenvalue weighted by Gasteiger charge is -2.11. The van der Waals surface area contributed by atoms with E-state index in [1.165, 1.54) is 12.1 Å². The first-order valence-corrected chi connectivity index (χ1v) is 8.39. The summed E-state index contributed by atoms with van der Waals surface area (Å²) >= 11 is 1.58. The summed E-state index contributed by atoms with van der Waals surface area (Å²) in [5.74, 6) is -0.0446. The summed E-state index contributed by atoms with van der Waals surface area (Å²) in [4.78, 5) is 17.4. The molecule has 2 aromatic rings. The highest BCUT2D eigenvalue weighted by Crippen LogP contribution is 2.18. The van der Waals surface area contributed by atoms with Crippen LogP contribution < -0.4 is 5.32 Å². The molecule has 3 nitrogen and oxygen atoms in total. The van der Waals surface area contributed by atoms with Crippen molar-refractivity contribution in [3.8, 4) is 0 Å². The van der Waals surface area contributed by atoms with Crippen LogP contribution in [-0.4, -0.2) is 10.9 Å². The third kappa shape index (κ3) is 4.63. The van der Waals surface area contributed by atoms with Crippen LogP contribution in [0.15, 0.2) is 30.5 Å². The van der Waals surface area contributed by atoms with E-state index in [4.69, 9.17) is 0 Å². The lowest BCUT2D eigenvalue weighted by molar-refractivity contribution is -0.125. The zero-order valence-corrected chi connectivity index (χ0v) is 13.8. The highest BCUT2D eigenvalue weighted by Gasteiger charge is 2.14. The largest absolute Gasteiger partial charge is 0.349 e. The van der Waals surface area contributed by atoms with Gasteiger partial charge in [0, 0.05) is 23.4 Å². The Balaban J connectivity index is 1.88. The number of nitrogens with zero attached hydrogens (tertiary/aromatic N) is 1. The van der Waals surface area contributed by atoms with E-state index in [9.17, 15) is 9.18 Å². The van der Waals surface area contributed by atoms with Crippen molar-refractivity contribution in [1.29, 1.82) is 0 Å². The van der Waals surface area contributed by atoms with Crippen LogP contribution >= 0.6 is 11.3 Å². The van der Waals surface area contributed by atoms with Crippen LogP contribution in [-0.2, 0) is 17.8 Å². The molecule has 5 heteroatoms. The molecule has 0 radical (unpaired) electrons. The predicted molar refractivity (Wildman–Crippen MR) is 87.2 cm³/mol. The fourth-order valence-corrected chi connectivity index (χ4v) is 3.18. The summed E-state index contributed by atoms with van der Waals surface area (Å²) in [7, 11) is 0. The first-order valence-electron chi connectivity index (χ1n) is 7.58. The normalized spacial score (nSPS) is 10.9. The van der Waals surface area contributed by atoms with Gasteiger partial charge in [-0.05, 0) is 30.5 Å². The van der Waals surface area contributed by atoms with E-state index in [1.54, 1.807) is 23.5 Å². The van der Waals surface area contributed by atoms with E-state index in [0.717, 1.165) is 34.7 Å². The summed E-state index contributed by atoms with van der Waals surface area (Å²) < 4.78 is 12.9. The van der Waals surface area contributed by atoms with Gasteiger partial charge in [-0.1, -0.05) is 26.0 Å². The topological polar surface area (TPSA) is 42.0 Å². The average Bonchev–Trinajstić information content (AvgIpc) is 2.96. The highest BCUT2D eigenvalue weighted by atomic mass is 32.1. The average molecular weight is 320 g/mol. The van der Waals surface area contributed by atoms with Gasteiger partial charge >= 0.3 is 0 Å². The number of thiazole rings is 1. The van der Waals surface area contributed by atoms with Crippen molar-refractivity contribution in [1.82, 2.24) is 10.3 Å². The van der Waals surface area contributed by atoms with Gasteiger partial charge < -0.3 is 5.32 Å². The monoisotopic (exact) mass is 320 g/mol. The zero-order chi connectivity index (χ0) is 15.9. The number of benzene rings is 1. The van der Waals surface area contributed by atoms with Gasteiger partial charge in [-0.2, -0.15) is 0 Å². The molecule has 0 fully saturated rings. The van der Waals surface area contributed by atoms with E-state index in [-0.39, 0.29) is 17.6 Å². The van der Waals surface area contributed by atoms with Crippen LogP contribution in [0.25, 0.3) is 0 Å². The minimum absolute atomic E-state index is 0.0821. The number of carbonyl (C=O) groups excluding carboxylic acids is 1. The Hall–Kier alpha value is -1.75. The Morgan fingerprint density at radius 1 is 1.27 bits per heavy atom. The molecule has 118 valence electrons. The summed E-state index contributed by atoms with van der Waals surface area (Å²) in [6, 6.07) is 6.49. The van der Waals surface area contributed by atoms with Gasteiger partial charge in [0.25, 0.3) is 0 Å². The molecule has 22 heavy (non-hydrogen) atoms. The molecule has 1 N–H and O–H groups in total. The summed E-state index contributed by atoms with van der Waals surface area (Å²) in [6.07, 6.45) is 4.27. The lowest BCUT2D eigenvalue weighted by atomic mass is 10.0. The van der Waals surface area contributed by atoms with E-state index >= 15 is 0 Å². The van der Waals surface area contributed by atoms with Crippen molar-refractivity contribution >= 4 is 17.2 Å². The van der Waals surface area contributed by atoms with Crippen LogP contribution in [0.2, 0.25) is 0 Å². The smallest absolute Gasteiger partial charge is 0.223 e. The first kappa shape index (κ1) is 16.6. The van der Waals surface area contributed by atoms with Gasteiger partial charge in [0.05, 0.1) is 6.54 Å². The van der Waals surface area contributed by atoms with Crippen molar-refractivity contribution < 1.29 is 9.18 Å². The number of hydrogen-bond donors (Lipinski definition) is 1. The molecule has 1 heterocycles. The highest BCUT2D eigenvalue weighted by molar-refractivity contribution is 7.11. The number of aromatic nitrogens is 1. The first-order chi connectivity index (χ1) is 10.6. The molecule has 0 aliphatic heterocycles. The van der Waals surface area contributed by atoms with E-state index in [2.05, 4.69) is 10.3 Å². The molecule has 1 aromatic carbocycles. The molecule has 1 aromatic heterocycles. The van der Waals surface area contributed by atoms with Crippen LogP contribution in [0.1, 0.15) is 42.1 Å². The number of rotatable bonds is 7. The van der Waals surface area contributed by atoms with Crippen molar-refractivity contribution in [2.24, 2.45) is 5.92 Å². The Labute approximate surface area is 134 Å². The summed E-state index contributed by atoms with van der Waals surface area (Å²) in [5.41, 5.74) is 1.05. The predicted octanol–water partition coefficient (Wildman–Crippen LogP) is 3.93. The second-order valence-corrected chi connectivity index (χ2v) is 6.45. The SMILES string of the molecule is CCC(CC)C(=O)NCc1ncc(Cc2ccc(F)cc2)s1. The molecule has 0 aliphatic carbocycles. The van der Waals surface area contributed by atoms with Crippen molar-refractivity contribution in [2.75, 3.05) is 0 Å². The maximum Gasteiger partial charge on any atom is 0.223 e. The Morgan fingerprint density at radius 2 is 1.95 bits per heavy atom. The number of carbonyl (C=O) groups is 1. The molecular formula is C17H21FN2OS. The van der Waals surface area contributed by atoms with Crippen LogP contribution in [0.4, 0.5) is 4.39 Å². The molecule has 0 spiro atoms. The lowest BCUT2D eigenvalue weighted by Crippen LogP contribution is -2.29. The Kier molecular flexibility index (Phi) is 6.07. The quantitative estimate of drug-likeness (QED) is 0.840. The number of nitrogens with one attached hydrogen (secondary N) is 1. The fraction of sp³-hybridized carbons (Fsp3) is 0.412. The Bertz CT molecular complexity index is 605. The van der Waals surface area contributed by atoms with Crippen molar-refractivity contribution in [3.05, 3.63) is 51.7 Å². The standard InChI is InChI=1S/C17H21FN2OS/c1-3-13(4-2)17(21)20-11-16-19-10-15(22-16)9-12-5-7-14(18)8-6-12/h5-8,10,13H,3-4,9,11H2,1-2H3,(H,20,21). The van der Waals surface area contributed by atoms with E-state index < -0.39 is 0 Å². The number of hydrogen-bond acceptors (Lipinski definition) is 3. The second kappa shape index (κ2) is 8.03. The number of amides is 1. The third-order valence-corrected chi connectivity index (χ3v) is 4.66. The molecule has 0 unspecified atom stereocenters. The van der Waals surface area contributed by atoms with Crippen molar-refractivity contribution in [3.63, 3.8) is 0 Å². The molecule has 0 atom stereocenters. The van der Waals surface area contributed by atoms with Gasteiger partial charge in [-0.25, -0.2) is 9.37 Å². The minimum Gasteiger partial charge on any atom is -0.349 e. The van der Waals surface area contributed by atoms with Crippen LogP contribution in [0.5, 0.6) is 0 Å². The zero-order valence-electron chi connectivity index (χ0n) is 12.9. The second-order valence-electron chi connectivity index (χ2n) is 5.25. The third-order valence-electron chi connectivity index (χ3n) is 3.66. The molecule has 0 bridgehead atoms. The molecule has 0 saturated carbocycles. The molecule has 0 saturated heterocycles. The molecule has 0 aliphatic rings. The van der Waals surface area contributed by atoms with E-state index in [0.29, 0.717) is 6.54 Å². The maximum absolute atomic E-state index is 12.9. The number of halogens is 1. The summed E-state index contributed by atoms with van der Waals surface area (Å²) in [5, 5.41) is 3.84.